The topological polar surface area (TPSA) is 47.6 Å². The summed E-state index contributed by atoms with van der Waals surface area (Å²) >= 11 is 0. The van der Waals surface area contributed by atoms with Crippen molar-refractivity contribution in [3.05, 3.63) is 0 Å². The largest absolute Gasteiger partial charge is 0.376 e. The van der Waals surface area contributed by atoms with E-state index in [1.807, 2.05) is 6.92 Å². The highest BCUT2D eigenvalue weighted by molar-refractivity contribution is 5.80. The summed E-state index contributed by atoms with van der Waals surface area (Å²) < 4.78 is 11.2. The van der Waals surface area contributed by atoms with Crippen LogP contribution in [0.5, 0.6) is 0 Å². The van der Waals surface area contributed by atoms with E-state index >= 15 is 0 Å². The number of hydrogen-bond donors (Lipinski definition) is 1. The summed E-state index contributed by atoms with van der Waals surface area (Å²) in [5.41, 5.74) is -0.538. The second kappa shape index (κ2) is 3.51. The molecule has 2 aliphatic heterocycles. The molecular formula is C10H17NO3. The number of carbonyl (C=O) groups is 1. The molecule has 2 saturated heterocycles. The van der Waals surface area contributed by atoms with Crippen LogP contribution >= 0.6 is 0 Å². The first-order valence-electron chi connectivity index (χ1n) is 5.18. The lowest BCUT2D eigenvalue weighted by molar-refractivity contribution is -0.184. The predicted molar refractivity (Wildman–Crippen MR) is 50.7 cm³/mol. The average Bonchev–Trinajstić information content (AvgIpc) is 2.41. The molecule has 0 unspecified atom stereocenters. The van der Waals surface area contributed by atoms with Gasteiger partial charge in [-0.3, -0.25) is 4.79 Å². The van der Waals surface area contributed by atoms with E-state index in [2.05, 4.69) is 5.32 Å². The van der Waals surface area contributed by atoms with Gasteiger partial charge in [-0.05, 0) is 26.2 Å². The number of nitrogens with one attached hydrogen (secondary N) is 1. The van der Waals surface area contributed by atoms with Gasteiger partial charge in [-0.15, -0.1) is 0 Å². The molecule has 3 atom stereocenters. The Morgan fingerprint density at radius 2 is 2.43 bits per heavy atom. The maximum atomic E-state index is 11.3. The maximum Gasteiger partial charge on any atom is 0.225 e. The fraction of sp³-hybridized carbons (Fsp3) is 0.900. The number of methoxy groups -OCH3 is 1. The fourth-order valence-corrected chi connectivity index (χ4v) is 2.43. The number of hydrogen-bond acceptors (Lipinski definition) is 3. The van der Waals surface area contributed by atoms with Crippen LogP contribution in [-0.4, -0.2) is 30.9 Å². The van der Waals surface area contributed by atoms with Crippen LogP contribution in [0.2, 0.25) is 0 Å². The van der Waals surface area contributed by atoms with Crippen LogP contribution in [0.4, 0.5) is 0 Å². The van der Waals surface area contributed by atoms with E-state index in [-0.39, 0.29) is 18.1 Å². The van der Waals surface area contributed by atoms with Crippen LogP contribution in [0, 0.1) is 0 Å². The molecule has 4 heteroatoms. The SMILES string of the molecule is CO[C@H]1CC(=O)N[C@]12CCC[C@H](C)O2. The highest BCUT2D eigenvalue weighted by atomic mass is 16.6. The molecule has 0 aromatic carbocycles. The molecule has 0 aromatic heterocycles. The molecule has 80 valence electrons. The molecule has 4 nitrogen and oxygen atoms in total. The molecular weight excluding hydrogens is 182 g/mol. The molecule has 0 aliphatic carbocycles. The van der Waals surface area contributed by atoms with Gasteiger partial charge in [0.15, 0.2) is 5.72 Å². The molecule has 1 amide bonds. The van der Waals surface area contributed by atoms with Crippen molar-refractivity contribution in [3.63, 3.8) is 0 Å². The van der Waals surface area contributed by atoms with Gasteiger partial charge in [0, 0.05) is 7.11 Å². The Balaban J connectivity index is 2.15. The lowest BCUT2D eigenvalue weighted by atomic mass is 9.96. The lowest BCUT2D eigenvalue weighted by Crippen LogP contribution is -2.55. The van der Waals surface area contributed by atoms with E-state index in [0.717, 1.165) is 19.3 Å². The van der Waals surface area contributed by atoms with E-state index in [1.54, 1.807) is 7.11 Å². The Labute approximate surface area is 84.0 Å². The van der Waals surface area contributed by atoms with Gasteiger partial charge < -0.3 is 14.8 Å². The zero-order valence-electron chi connectivity index (χ0n) is 8.71. The molecule has 0 saturated carbocycles. The van der Waals surface area contributed by atoms with Crippen molar-refractivity contribution < 1.29 is 14.3 Å². The van der Waals surface area contributed by atoms with Crippen LogP contribution in [0.1, 0.15) is 32.6 Å². The van der Waals surface area contributed by atoms with Crippen LogP contribution in [0.15, 0.2) is 0 Å². The van der Waals surface area contributed by atoms with Crippen molar-refractivity contribution in [2.24, 2.45) is 0 Å². The van der Waals surface area contributed by atoms with Crippen LogP contribution in [0.25, 0.3) is 0 Å². The van der Waals surface area contributed by atoms with E-state index in [9.17, 15) is 4.79 Å². The minimum Gasteiger partial charge on any atom is -0.376 e. The van der Waals surface area contributed by atoms with Gasteiger partial charge >= 0.3 is 0 Å². The summed E-state index contributed by atoms with van der Waals surface area (Å²) in [6.45, 7) is 2.04. The van der Waals surface area contributed by atoms with Gasteiger partial charge in [0.2, 0.25) is 5.91 Å². The quantitative estimate of drug-likeness (QED) is 0.679. The van der Waals surface area contributed by atoms with Gasteiger partial charge in [-0.25, -0.2) is 0 Å². The van der Waals surface area contributed by atoms with E-state index in [0.29, 0.717) is 6.42 Å². The number of rotatable bonds is 1. The third kappa shape index (κ3) is 1.53. The first-order valence-corrected chi connectivity index (χ1v) is 5.18. The summed E-state index contributed by atoms with van der Waals surface area (Å²) in [5.74, 6) is 0.0333. The van der Waals surface area contributed by atoms with Crippen molar-refractivity contribution in [1.82, 2.24) is 5.32 Å². The van der Waals surface area contributed by atoms with Gasteiger partial charge in [0.25, 0.3) is 0 Å². The summed E-state index contributed by atoms with van der Waals surface area (Å²) in [6.07, 6.45) is 3.51. The van der Waals surface area contributed by atoms with Gasteiger partial charge in [0.1, 0.15) is 6.10 Å². The molecule has 2 rings (SSSR count). The van der Waals surface area contributed by atoms with E-state index < -0.39 is 5.72 Å². The zero-order valence-corrected chi connectivity index (χ0v) is 8.71. The van der Waals surface area contributed by atoms with Crippen LogP contribution < -0.4 is 5.32 Å². The van der Waals surface area contributed by atoms with Crippen molar-refractivity contribution in [3.8, 4) is 0 Å². The second-order valence-electron chi connectivity index (χ2n) is 4.19. The smallest absolute Gasteiger partial charge is 0.225 e. The second-order valence-corrected chi connectivity index (χ2v) is 4.19. The summed E-state index contributed by atoms with van der Waals surface area (Å²) in [7, 11) is 1.63. The summed E-state index contributed by atoms with van der Waals surface area (Å²) in [5, 5.41) is 2.91. The van der Waals surface area contributed by atoms with Gasteiger partial charge in [-0.1, -0.05) is 0 Å². The normalized spacial score (nSPS) is 42.9. The van der Waals surface area contributed by atoms with E-state index in [1.165, 1.54) is 0 Å². The van der Waals surface area contributed by atoms with Gasteiger partial charge in [0.05, 0.1) is 12.5 Å². The van der Waals surface area contributed by atoms with Crippen molar-refractivity contribution in [2.45, 2.75) is 50.5 Å². The monoisotopic (exact) mass is 199 g/mol. The first-order chi connectivity index (χ1) is 6.66. The Hall–Kier alpha value is -0.610. The molecule has 14 heavy (non-hydrogen) atoms. The summed E-state index contributed by atoms with van der Waals surface area (Å²) in [6, 6.07) is 0. The summed E-state index contributed by atoms with van der Waals surface area (Å²) in [4.78, 5) is 11.3. The Kier molecular flexibility index (Phi) is 2.49. The standard InChI is InChI=1S/C10H17NO3/c1-7-4-3-5-10(14-7)8(13-2)6-9(12)11-10/h7-8H,3-6H2,1-2H3,(H,11,12)/t7-,8-,10-/m0/s1. The minimum absolute atomic E-state index is 0.0333. The molecule has 0 aromatic rings. The zero-order chi connectivity index (χ0) is 10.2. The molecule has 2 fully saturated rings. The first kappa shape index (κ1) is 9.93. The maximum absolute atomic E-state index is 11.3. The Morgan fingerprint density at radius 1 is 1.64 bits per heavy atom. The molecule has 1 spiro atoms. The Morgan fingerprint density at radius 3 is 3.07 bits per heavy atom. The van der Waals surface area contributed by atoms with Crippen LogP contribution in [0.3, 0.4) is 0 Å². The van der Waals surface area contributed by atoms with Crippen molar-refractivity contribution in [2.75, 3.05) is 7.11 Å². The highest BCUT2D eigenvalue weighted by Gasteiger charge is 2.50. The molecule has 0 radical (unpaired) electrons. The van der Waals surface area contributed by atoms with E-state index in [4.69, 9.17) is 9.47 Å². The predicted octanol–water partition coefficient (Wildman–Crippen LogP) is 0.807. The molecule has 0 bridgehead atoms. The third-order valence-electron chi connectivity index (χ3n) is 3.10. The minimum atomic E-state index is -0.538. The van der Waals surface area contributed by atoms with Crippen LogP contribution in [-0.2, 0) is 14.3 Å². The molecule has 2 heterocycles. The van der Waals surface area contributed by atoms with Crippen molar-refractivity contribution >= 4 is 5.91 Å². The van der Waals surface area contributed by atoms with Gasteiger partial charge in [-0.2, -0.15) is 0 Å². The highest BCUT2D eigenvalue weighted by Crippen LogP contribution is 2.35. The third-order valence-corrected chi connectivity index (χ3v) is 3.10. The van der Waals surface area contributed by atoms with Crippen molar-refractivity contribution in [1.29, 1.82) is 0 Å². The fourth-order valence-electron chi connectivity index (χ4n) is 2.43. The number of ether oxygens (including phenoxy) is 2. The number of amides is 1. The molecule has 2 aliphatic rings. The number of carbonyl (C=O) groups excluding carboxylic acids is 1. The Bertz CT molecular complexity index is 244. The molecule has 1 N–H and O–H groups in total. The average molecular weight is 199 g/mol. The lowest BCUT2D eigenvalue weighted by Gasteiger charge is -2.40.